The number of fused-ring (bicyclic) bond motifs is 2. The van der Waals surface area contributed by atoms with Gasteiger partial charge in [0.05, 0.1) is 22.7 Å². The van der Waals surface area contributed by atoms with Gasteiger partial charge in [-0.25, -0.2) is 27.8 Å². The first-order valence-electron chi connectivity index (χ1n) is 11.5. The number of pyridine rings is 1. The van der Waals surface area contributed by atoms with E-state index in [0.717, 1.165) is 38.9 Å². The Morgan fingerprint density at radius 1 is 0.946 bits per heavy atom. The maximum atomic E-state index is 14.5. The van der Waals surface area contributed by atoms with Crippen molar-refractivity contribution in [2.75, 3.05) is 12.0 Å². The zero-order valence-corrected chi connectivity index (χ0v) is 20.6. The third-order valence-corrected chi connectivity index (χ3v) is 7.16. The fourth-order valence-electron chi connectivity index (χ4n) is 4.47. The number of benzene rings is 2. The average molecular weight is 513 g/mol. The third-order valence-electron chi connectivity index (χ3n) is 6.21. The van der Waals surface area contributed by atoms with Gasteiger partial charge >= 0.3 is 0 Å². The molecule has 6 rings (SSSR count). The molecular weight excluding hydrogens is 491 g/mol. The number of H-pyrrole nitrogens is 2. The first kappa shape index (κ1) is 23.0. The molecule has 0 aliphatic carbocycles. The van der Waals surface area contributed by atoms with Gasteiger partial charge in [0.25, 0.3) is 0 Å². The van der Waals surface area contributed by atoms with Crippen LogP contribution in [0.1, 0.15) is 5.56 Å². The van der Waals surface area contributed by atoms with Crippen molar-refractivity contribution in [1.82, 2.24) is 30.1 Å². The van der Waals surface area contributed by atoms with Crippen LogP contribution >= 0.6 is 0 Å². The van der Waals surface area contributed by atoms with Crippen molar-refractivity contribution in [2.45, 2.75) is 6.42 Å². The molecule has 0 aliphatic heterocycles. The molecule has 0 atom stereocenters. The summed E-state index contributed by atoms with van der Waals surface area (Å²) in [6.45, 7) is 0. The Kier molecular flexibility index (Phi) is 5.53. The van der Waals surface area contributed by atoms with Gasteiger partial charge in [0.15, 0.2) is 0 Å². The van der Waals surface area contributed by atoms with Crippen molar-refractivity contribution >= 4 is 31.8 Å². The van der Waals surface area contributed by atoms with E-state index in [2.05, 4.69) is 25.1 Å². The minimum Gasteiger partial charge on any atom is -0.353 e. The second-order valence-electron chi connectivity index (χ2n) is 8.97. The molecule has 0 bridgehead atoms. The summed E-state index contributed by atoms with van der Waals surface area (Å²) in [6, 6.07) is 16.2. The molecule has 0 saturated heterocycles. The Hall–Kier alpha value is -4.44. The van der Waals surface area contributed by atoms with Crippen molar-refractivity contribution in [3.05, 3.63) is 84.7 Å². The average Bonchev–Trinajstić information content (AvgIpc) is 3.51. The number of halogens is 1. The van der Waals surface area contributed by atoms with E-state index < -0.39 is 15.7 Å². The lowest BCUT2D eigenvalue weighted by Gasteiger charge is -2.08. The number of aryl methyl sites for hydroxylation is 1. The molecule has 0 amide bonds. The fraction of sp³-hybridized carbons (Fsp3) is 0.111. The standard InChI is InChI=1S/C27H21FN6O2S/c1-37(35,36)8-7-16-9-17(11-19(28)10-16)20-3-2-4-23-21(20)12-25(31-23)27-26-24(33-34-27)6-5-22(32-26)18-13-29-15-30-14-18/h2-6,9-15,31H,7-8H2,1H3,(H,33,34). The second kappa shape index (κ2) is 8.90. The first-order valence-corrected chi connectivity index (χ1v) is 13.6. The SMILES string of the molecule is CS(=O)(=O)CCc1cc(F)cc(-c2cccc3[nH]c(-c4n[nH]c5ccc(-c6cncnc6)nc45)cc23)c1. The Labute approximate surface area is 211 Å². The number of aromatic amines is 2. The van der Waals surface area contributed by atoms with Crippen LogP contribution in [0.4, 0.5) is 4.39 Å². The lowest BCUT2D eigenvalue weighted by molar-refractivity contribution is 0.600. The zero-order chi connectivity index (χ0) is 25.6. The van der Waals surface area contributed by atoms with Gasteiger partial charge in [-0.3, -0.25) is 5.10 Å². The fourth-order valence-corrected chi connectivity index (χ4v) is 5.07. The molecule has 2 aromatic carbocycles. The topological polar surface area (TPSA) is 117 Å². The Morgan fingerprint density at radius 3 is 2.59 bits per heavy atom. The van der Waals surface area contributed by atoms with Crippen LogP contribution in [0.3, 0.4) is 0 Å². The van der Waals surface area contributed by atoms with Gasteiger partial charge in [-0.2, -0.15) is 5.10 Å². The highest BCUT2D eigenvalue weighted by molar-refractivity contribution is 7.90. The van der Waals surface area contributed by atoms with Crippen LogP contribution in [-0.2, 0) is 16.3 Å². The molecule has 0 saturated carbocycles. The Balaban J connectivity index is 1.44. The van der Waals surface area contributed by atoms with Gasteiger partial charge in [0.2, 0.25) is 0 Å². The lowest BCUT2D eigenvalue weighted by Crippen LogP contribution is -2.06. The highest BCUT2D eigenvalue weighted by atomic mass is 32.2. The van der Waals surface area contributed by atoms with Crippen molar-refractivity contribution in [3.63, 3.8) is 0 Å². The van der Waals surface area contributed by atoms with Crippen molar-refractivity contribution in [1.29, 1.82) is 0 Å². The number of rotatable bonds is 6. The van der Waals surface area contributed by atoms with Gasteiger partial charge in [-0.05, 0) is 59.5 Å². The van der Waals surface area contributed by atoms with Crippen molar-refractivity contribution in [3.8, 4) is 33.8 Å². The monoisotopic (exact) mass is 512 g/mol. The smallest absolute Gasteiger partial charge is 0.147 e. The van der Waals surface area contributed by atoms with Gasteiger partial charge in [-0.15, -0.1) is 0 Å². The van der Waals surface area contributed by atoms with E-state index in [1.54, 1.807) is 12.4 Å². The predicted octanol–water partition coefficient (Wildman–Crippen LogP) is 4.96. The molecule has 6 aromatic rings. The minimum absolute atomic E-state index is 0.0370. The molecule has 184 valence electrons. The molecule has 37 heavy (non-hydrogen) atoms. The highest BCUT2D eigenvalue weighted by Crippen LogP contribution is 2.35. The molecule has 0 radical (unpaired) electrons. The summed E-state index contributed by atoms with van der Waals surface area (Å²) in [4.78, 5) is 16.4. The molecule has 0 fully saturated rings. The molecular formula is C27H21FN6O2S. The molecule has 4 heterocycles. The number of nitrogens with zero attached hydrogens (tertiary/aromatic N) is 4. The van der Waals surface area contributed by atoms with Crippen LogP contribution in [0.25, 0.3) is 55.7 Å². The number of nitrogens with one attached hydrogen (secondary N) is 2. The summed E-state index contributed by atoms with van der Waals surface area (Å²) in [5.74, 6) is -0.446. The maximum absolute atomic E-state index is 14.5. The van der Waals surface area contributed by atoms with E-state index in [9.17, 15) is 12.8 Å². The molecule has 4 aromatic heterocycles. The van der Waals surface area contributed by atoms with E-state index >= 15 is 0 Å². The van der Waals surface area contributed by atoms with Crippen molar-refractivity contribution < 1.29 is 12.8 Å². The number of sulfone groups is 1. The van der Waals surface area contributed by atoms with Gasteiger partial charge in [0.1, 0.15) is 33.2 Å². The summed E-state index contributed by atoms with van der Waals surface area (Å²) in [7, 11) is -3.16. The van der Waals surface area contributed by atoms with E-state index in [1.165, 1.54) is 24.7 Å². The molecule has 8 nitrogen and oxygen atoms in total. The van der Waals surface area contributed by atoms with Crippen LogP contribution in [0.2, 0.25) is 0 Å². The molecule has 10 heteroatoms. The van der Waals surface area contributed by atoms with E-state index in [-0.39, 0.29) is 12.2 Å². The quantitative estimate of drug-likeness (QED) is 0.326. The molecule has 2 N–H and O–H groups in total. The van der Waals surface area contributed by atoms with Crippen LogP contribution in [0.15, 0.2) is 73.3 Å². The third kappa shape index (κ3) is 4.58. The first-order chi connectivity index (χ1) is 17.8. The zero-order valence-electron chi connectivity index (χ0n) is 19.7. The summed E-state index contributed by atoms with van der Waals surface area (Å²) >= 11 is 0. The maximum Gasteiger partial charge on any atom is 0.147 e. The summed E-state index contributed by atoms with van der Waals surface area (Å²) < 4.78 is 37.7. The second-order valence-corrected chi connectivity index (χ2v) is 11.2. The van der Waals surface area contributed by atoms with Gasteiger partial charge in [-0.1, -0.05) is 18.2 Å². The van der Waals surface area contributed by atoms with E-state index in [4.69, 9.17) is 4.98 Å². The van der Waals surface area contributed by atoms with Gasteiger partial charge < -0.3 is 4.98 Å². The minimum atomic E-state index is -3.16. The Morgan fingerprint density at radius 2 is 1.78 bits per heavy atom. The highest BCUT2D eigenvalue weighted by Gasteiger charge is 2.16. The van der Waals surface area contributed by atoms with E-state index in [1.807, 2.05) is 42.5 Å². The predicted molar refractivity (Wildman–Crippen MR) is 141 cm³/mol. The summed E-state index contributed by atoms with van der Waals surface area (Å²) in [5.41, 5.74) is 7.43. The largest absolute Gasteiger partial charge is 0.353 e. The number of hydrogen-bond acceptors (Lipinski definition) is 6. The Bertz CT molecular complexity index is 1880. The van der Waals surface area contributed by atoms with Crippen LogP contribution in [-0.4, -0.2) is 50.6 Å². The lowest BCUT2D eigenvalue weighted by atomic mass is 9.98. The van der Waals surface area contributed by atoms with Crippen LogP contribution in [0, 0.1) is 5.82 Å². The summed E-state index contributed by atoms with van der Waals surface area (Å²) in [6.07, 6.45) is 6.32. The molecule has 0 aliphatic rings. The summed E-state index contributed by atoms with van der Waals surface area (Å²) in [5, 5.41) is 8.43. The van der Waals surface area contributed by atoms with Crippen LogP contribution < -0.4 is 0 Å². The van der Waals surface area contributed by atoms with E-state index in [0.29, 0.717) is 22.3 Å². The number of hydrogen-bond donors (Lipinski definition) is 2. The molecule has 0 unspecified atom stereocenters. The van der Waals surface area contributed by atoms with Crippen LogP contribution in [0.5, 0.6) is 0 Å². The molecule has 0 spiro atoms. The van der Waals surface area contributed by atoms with Crippen molar-refractivity contribution in [2.24, 2.45) is 0 Å². The number of aromatic nitrogens is 6. The van der Waals surface area contributed by atoms with Gasteiger partial charge in [0, 0.05) is 35.1 Å². The normalized spacial score (nSPS) is 11.9.